The summed E-state index contributed by atoms with van der Waals surface area (Å²) in [6.07, 6.45) is 0.285. The molecule has 1 aromatic heterocycles. The highest BCUT2D eigenvalue weighted by Gasteiger charge is 2.08. The lowest BCUT2D eigenvalue weighted by Gasteiger charge is -2.11. The van der Waals surface area contributed by atoms with Crippen molar-refractivity contribution in [3.63, 3.8) is 0 Å². The number of nitrogens with zero attached hydrogens (tertiary/aromatic N) is 1. The third-order valence-corrected chi connectivity index (χ3v) is 4.28. The fourth-order valence-corrected chi connectivity index (χ4v) is 2.92. The molecule has 2 N–H and O–H groups in total. The van der Waals surface area contributed by atoms with E-state index in [4.69, 9.17) is 0 Å². The Morgan fingerprint density at radius 3 is 2.70 bits per heavy atom. The summed E-state index contributed by atoms with van der Waals surface area (Å²) in [5, 5.41) is 7.99. The normalized spacial score (nSPS) is 10.2. The van der Waals surface area contributed by atoms with Crippen LogP contribution in [0.3, 0.4) is 0 Å². The molecule has 0 bridgehead atoms. The lowest BCUT2D eigenvalue weighted by atomic mass is 10.1. The number of rotatable bonds is 7. The van der Waals surface area contributed by atoms with E-state index in [1.54, 1.807) is 4.57 Å². The van der Waals surface area contributed by atoms with Crippen molar-refractivity contribution in [2.75, 3.05) is 11.9 Å². The van der Waals surface area contributed by atoms with Gasteiger partial charge in [0.05, 0.1) is 0 Å². The summed E-state index contributed by atoms with van der Waals surface area (Å²) in [6, 6.07) is 7.74. The molecule has 1 aromatic carbocycles. The summed E-state index contributed by atoms with van der Waals surface area (Å²) in [4.78, 5) is 23.7. The Kier molecular flexibility index (Phi) is 8.02. The second-order valence-electron chi connectivity index (χ2n) is 5.03. The number of aromatic nitrogens is 1. The number of halogens is 1. The van der Waals surface area contributed by atoms with Gasteiger partial charge in [-0.2, -0.15) is 0 Å². The number of aryl methyl sites for hydroxylation is 1. The van der Waals surface area contributed by atoms with Gasteiger partial charge in [-0.25, -0.2) is 0 Å². The monoisotopic (exact) mass is 355 g/mol. The van der Waals surface area contributed by atoms with Crippen molar-refractivity contribution in [2.24, 2.45) is 0 Å². The first-order chi connectivity index (χ1) is 10.6. The first kappa shape index (κ1) is 19.4. The lowest BCUT2D eigenvalue weighted by molar-refractivity contribution is -0.116. The lowest BCUT2D eigenvalue weighted by Crippen LogP contribution is -2.21. The minimum absolute atomic E-state index is 0. The minimum Gasteiger partial charge on any atom is -0.326 e. The molecule has 0 aliphatic carbocycles. The SMILES string of the molecule is CCNCc1ccccc1NC(=O)CCn1c(C)csc1=O.Cl. The van der Waals surface area contributed by atoms with Gasteiger partial charge >= 0.3 is 4.87 Å². The highest BCUT2D eigenvalue weighted by molar-refractivity contribution is 7.07. The smallest absolute Gasteiger partial charge is 0.307 e. The maximum Gasteiger partial charge on any atom is 0.307 e. The number of para-hydroxylation sites is 1. The van der Waals surface area contributed by atoms with E-state index >= 15 is 0 Å². The van der Waals surface area contributed by atoms with Gasteiger partial charge in [0.2, 0.25) is 5.91 Å². The molecule has 0 unspecified atom stereocenters. The second kappa shape index (κ2) is 9.50. The quantitative estimate of drug-likeness (QED) is 0.802. The average molecular weight is 356 g/mol. The molecule has 0 saturated heterocycles. The number of amides is 1. The maximum absolute atomic E-state index is 12.1. The molecule has 2 rings (SSSR count). The van der Waals surface area contributed by atoms with Crippen molar-refractivity contribution in [3.8, 4) is 0 Å². The van der Waals surface area contributed by atoms with Crippen LogP contribution in [-0.4, -0.2) is 17.0 Å². The standard InChI is InChI=1S/C16H21N3O2S.ClH/c1-3-17-10-13-6-4-5-7-14(13)18-15(20)8-9-19-12(2)11-22-16(19)21;/h4-7,11,17H,3,8-10H2,1-2H3,(H,18,20);1H. The largest absolute Gasteiger partial charge is 0.326 e. The van der Waals surface area contributed by atoms with Gasteiger partial charge in [-0.15, -0.1) is 12.4 Å². The highest BCUT2D eigenvalue weighted by atomic mass is 35.5. The Balaban J connectivity index is 0.00000264. The van der Waals surface area contributed by atoms with Gasteiger partial charge < -0.3 is 15.2 Å². The Bertz CT molecular complexity index is 697. The van der Waals surface area contributed by atoms with Crippen LogP contribution in [0.15, 0.2) is 34.4 Å². The first-order valence-corrected chi connectivity index (χ1v) is 8.23. The summed E-state index contributed by atoms with van der Waals surface area (Å²) in [7, 11) is 0. The molecule has 0 spiro atoms. The van der Waals surface area contributed by atoms with E-state index in [1.165, 1.54) is 11.3 Å². The number of nitrogens with one attached hydrogen (secondary N) is 2. The molecule has 126 valence electrons. The molecular weight excluding hydrogens is 334 g/mol. The predicted octanol–water partition coefficient (Wildman–Crippen LogP) is 2.78. The van der Waals surface area contributed by atoms with E-state index in [0.717, 1.165) is 30.0 Å². The van der Waals surface area contributed by atoms with E-state index in [1.807, 2.05) is 43.5 Å². The van der Waals surface area contributed by atoms with Crippen molar-refractivity contribution in [3.05, 3.63) is 50.6 Å². The molecule has 0 aliphatic rings. The fourth-order valence-electron chi connectivity index (χ4n) is 2.16. The third-order valence-electron chi connectivity index (χ3n) is 3.40. The molecule has 1 heterocycles. The Labute approximate surface area is 146 Å². The third kappa shape index (κ3) is 5.49. The number of hydrogen-bond acceptors (Lipinski definition) is 4. The van der Waals surface area contributed by atoms with Crippen LogP contribution in [0.1, 0.15) is 24.6 Å². The number of carbonyl (C=O) groups excluding carboxylic acids is 1. The van der Waals surface area contributed by atoms with Crippen molar-refractivity contribution < 1.29 is 4.79 Å². The molecule has 0 radical (unpaired) electrons. The van der Waals surface area contributed by atoms with Crippen LogP contribution in [0.5, 0.6) is 0 Å². The van der Waals surface area contributed by atoms with Crippen molar-refractivity contribution in [1.29, 1.82) is 0 Å². The zero-order chi connectivity index (χ0) is 15.9. The van der Waals surface area contributed by atoms with Crippen molar-refractivity contribution in [1.82, 2.24) is 9.88 Å². The van der Waals surface area contributed by atoms with Gasteiger partial charge in [0.1, 0.15) is 0 Å². The zero-order valence-corrected chi connectivity index (χ0v) is 14.9. The van der Waals surface area contributed by atoms with Crippen LogP contribution < -0.4 is 15.5 Å². The number of benzene rings is 1. The van der Waals surface area contributed by atoms with Crippen LogP contribution >= 0.6 is 23.7 Å². The number of carbonyl (C=O) groups is 1. The molecule has 7 heteroatoms. The molecule has 23 heavy (non-hydrogen) atoms. The van der Waals surface area contributed by atoms with Gasteiger partial charge in [-0.05, 0) is 25.1 Å². The summed E-state index contributed by atoms with van der Waals surface area (Å²) < 4.78 is 1.63. The molecular formula is C16H22ClN3O2S. The number of anilines is 1. The molecule has 2 aromatic rings. The van der Waals surface area contributed by atoms with Crippen LogP contribution in [0, 0.1) is 6.92 Å². The van der Waals surface area contributed by atoms with Crippen molar-refractivity contribution in [2.45, 2.75) is 33.4 Å². The fraction of sp³-hybridized carbons (Fsp3) is 0.375. The van der Waals surface area contributed by atoms with E-state index in [-0.39, 0.29) is 29.6 Å². The van der Waals surface area contributed by atoms with E-state index in [9.17, 15) is 9.59 Å². The van der Waals surface area contributed by atoms with Gasteiger partial charge in [0.25, 0.3) is 0 Å². The van der Waals surface area contributed by atoms with E-state index in [2.05, 4.69) is 10.6 Å². The minimum atomic E-state index is -0.0820. The molecule has 0 fully saturated rings. The topological polar surface area (TPSA) is 63.1 Å². The van der Waals surface area contributed by atoms with E-state index in [0.29, 0.717) is 6.54 Å². The zero-order valence-electron chi connectivity index (χ0n) is 13.3. The molecule has 5 nitrogen and oxygen atoms in total. The van der Waals surface area contributed by atoms with Crippen LogP contribution in [0.2, 0.25) is 0 Å². The van der Waals surface area contributed by atoms with E-state index < -0.39 is 0 Å². The van der Waals surface area contributed by atoms with Crippen LogP contribution in [-0.2, 0) is 17.9 Å². The Morgan fingerprint density at radius 1 is 1.30 bits per heavy atom. The summed E-state index contributed by atoms with van der Waals surface area (Å²) in [6.45, 7) is 5.93. The van der Waals surface area contributed by atoms with Gasteiger partial charge in [-0.1, -0.05) is 36.5 Å². The first-order valence-electron chi connectivity index (χ1n) is 7.35. The average Bonchev–Trinajstić information content (AvgIpc) is 2.83. The number of thiazole rings is 1. The van der Waals surface area contributed by atoms with Crippen LogP contribution in [0.4, 0.5) is 5.69 Å². The van der Waals surface area contributed by atoms with Crippen molar-refractivity contribution >= 4 is 35.3 Å². The number of hydrogen-bond donors (Lipinski definition) is 2. The Hall–Kier alpha value is -1.63. The summed E-state index contributed by atoms with van der Waals surface area (Å²) in [5.74, 6) is -0.0820. The predicted molar refractivity (Wildman–Crippen MR) is 97.6 cm³/mol. The summed E-state index contributed by atoms with van der Waals surface area (Å²) in [5.41, 5.74) is 2.78. The van der Waals surface area contributed by atoms with Gasteiger partial charge in [0, 0.05) is 36.3 Å². The highest BCUT2D eigenvalue weighted by Crippen LogP contribution is 2.15. The Morgan fingerprint density at radius 2 is 2.04 bits per heavy atom. The van der Waals surface area contributed by atoms with Gasteiger partial charge in [0.15, 0.2) is 0 Å². The second-order valence-corrected chi connectivity index (χ2v) is 5.85. The maximum atomic E-state index is 12.1. The molecule has 0 aliphatic heterocycles. The molecule has 0 atom stereocenters. The van der Waals surface area contributed by atoms with Crippen LogP contribution in [0.25, 0.3) is 0 Å². The molecule has 1 amide bonds. The molecule has 0 saturated carbocycles. The van der Waals surface area contributed by atoms with Gasteiger partial charge in [-0.3, -0.25) is 9.59 Å². The summed E-state index contributed by atoms with van der Waals surface area (Å²) >= 11 is 1.17.